The summed E-state index contributed by atoms with van der Waals surface area (Å²) >= 11 is 6.34. The van der Waals surface area contributed by atoms with Crippen LogP contribution < -0.4 is 14.8 Å². The summed E-state index contributed by atoms with van der Waals surface area (Å²) in [5, 5.41) is 3.08. The van der Waals surface area contributed by atoms with Crippen LogP contribution in [-0.2, 0) is 0 Å². The minimum absolute atomic E-state index is 0.145. The van der Waals surface area contributed by atoms with Crippen LogP contribution in [0.25, 0.3) is 0 Å². The molecule has 0 radical (unpaired) electrons. The van der Waals surface area contributed by atoms with Crippen LogP contribution in [-0.4, -0.2) is 44.5 Å². The van der Waals surface area contributed by atoms with E-state index in [1.165, 1.54) is 12.0 Å². The number of nitrogens with zero attached hydrogens (tertiary/aromatic N) is 1. The summed E-state index contributed by atoms with van der Waals surface area (Å²) in [7, 11) is 4.85. The highest BCUT2D eigenvalue weighted by atomic mass is 35.5. The molecule has 0 atom stereocenters. The highest BCUT2D eigenvalue weighted by molar-refractivity contribution is 6.32. The third-order valence-electron chi connectivity index (χ3n) is 4.21. The van der Waals surface area contributed by atoms with Gasteiger partial charge in [0, 0.05) is 30.9 Å². The van der Waals surface area contributed by atoms with Gasteiger partial charge >= 0.3 is 0 Å². The van der Waals surface area contributed by atoms with E-state index in [1.807, 2.05) is 0 Å². The van der Waals surface area contributed by atoms with Gasteiger partial charge in [-0.25, -0.2) is 0 Å². The van der Waals surface area contributed by atoms with Gasteiger partial charge in [-0.3, -0.25) is 9.59 Å². The number of carbonyl (C=O) groups is 2. The topological polar surface area (TPSA) is 67.9 Å². The van der Waals surface area contributed by atoms with Gasteiger partial charge in [-0.05, 0) is 42.7 Å². The zero-order valence-electron chi connectivity index (χ0n) is 17.4. The minimum Gasteiger partial charge on any atom is -0.493 e. The summed E-state index contributed by atoms with van der Waals surface area (Å²) in [4.78, 5) is 26.3. The SMILES string of the molecule is COc1cc(C(=O)Nc2cccc(C(=O)N(C)C)c2)cc(Cl)c1OCCC(C)C. The molecule has 0 saturated heterocycles. The fraction of sp³-hybridized carbons (Fsp3) is 0.364. The van der Waals surface area contributed by atoms with Crippen molar-refractivity contribution in [3.63, 3.8) is 0 Å². The predicted molar refractivity (Wildman–Crippen MR) is 115 cm³/mol. The maximum atomic E-state index is 12.7. The van der Waals surface area contributed by atoms with E-state index >= 15 is 0 Å². The first kappa shape index (κ1) is 22.6. The highest BCUT2D eigenvalue weighted by Crippen LogP contribution is 2.37. The number of methoxy groups -OCH3 is 1. The molecule has 0 unspecified atom stereocenters. The van der Waals surface area contributed by atoms with E-state index < -0.39 is 0 Å². The summed E-state index contributed by atoms with van der Waals surface area (Å²) < 4.78 is 11.1. The molecule has 0 aliphatic heterocycles. The Balaban J connectivity index is 2.20. The lowest BCUT2D eigenvalue weighted by atomic mass is 10.1. The number of ether oxygens (including phenoxy) is 2. The zero-order valence-corrected chi connectivity index (χ0v) is 18.2. The molecule has 2 rings (SSSR count). The second kappa shape index (κ2) is 10.2. The quantitative estimate of drug-likeness (QED) is 0.673. The fourth-order valence-corrected chi connectivity index (χ4v) is 2.84. The van der Waals surface area contributed by atoms with Gasteiger partial charge in [0.05, 0.1) is 18.7 Å². The number of nitrogens with one attached hydrogen (secondary N) is 1. The maximum absolute atomic E-state index is 12.7. The van der Waals surface area contributed by atoms with E-state index in [2.05, 4.69) is 19.2 Å². The Labute approximate surface area is 176 Å². The van der Waals surface area contributed by atoms with Gasteiger partial charge in [0.15, 0.2) is 11.5 Å². The van der Waals surface area contributed by atoms with Gasteiger partial charge in [-0.2, -0.15) is 0 Å². The summed E-state index contributed by atoms with van der Waals surface area (Å²) in [6, 6.07) is 9.88. The number of benzene rings is 2. The average molecular weight is 419 g/mol. The second-order valence-electron chi connectivity index (χ2n) is 7.25. The number of amides is 2. The van der Waals surface area contributed by atoms with Crippen molar-refractivity contribution in [1.82, 2.24) is 4.90 Å². The Morgan fingerprint density at radius 2 is 1.86 bits per heavy atom. The lowest BCUT2D eigenvalue weighted by molar-refractivity contribution is 0.0827. The molecule has 2 aromatic carbocycles. The number of anilines is 1. The molecule has 0 aromatic heterocycles. The van der Waals surface area contributed by atoms with Crippen LogP contribution in [0.4, 0.5) is 5.69 Å². The smallest absolute Gasteiger partial charge is 0.255 e. The van der Waals surface area contributed by atoms with E-state index in [-0.39, 0.29) is 11.8 Å². The normalized spacial score (nSPS) is 10.6. The van der Waals surface area contributed by atoms with Crippen molar-refractivity contribution in [2.24, 2.45) is 5.92 Å². The predicted octanol–water partition coefficient (Wildman–Crippen LogP) is 4.73. The van der Waals surface area contributed by atoms with Gasteiger partial charge < -0.3 is 19.7 Å². The van der Waals surface area contributed by atoms with Gasteiger partial charge in [0.1, 0.15) is 0 Å². The standard InChI is InChI=1S/C22H27ClN2O4/c1-14(2)9-10-29-20-18(23)12-16(13-19(20)28-5)21(26)24-17-8-6-7-15(11-17)22(27)25(3)4/h6-8,11-14H,9-10H2,1-5H3,(H,24,26). The molecule has 0 aliphatic rings. The van der Waals surface area contributed by atoms with Gasteiger partial charge in [0.2, 0.25) is 0 Å². The molecule has 0 fully saturated rings. The molecule has 1 N–H and O–H groups in total. The number of hydrogen-bond donors (Lipinski definition) is 1. The molecule has 2 aromatic rings. The van der Waals surface area contributed by atoms with Crippen molar-refractivity contribution in [1.29, 1.82) is 0 Å². The van der Waals surface area contributed by atoms with Crippen molar-refractivity contribution in [2.75, 3.05) is 33.1 Å². The third kappa shape index (κ3) is 6.12. The molecular formula is C22H27ClN2O4. The van der Waals surface area contributed by atoms with E-state index in [0.29, 0.717) is 45.9 Å². The molecule has 0 aliphatic carbocycles. The van der Waals surface area contributed by atoms with Gasteiger partial charge in [-0.1, -0.05) is 31.5 Å². The second-order valence-corrected chi connectivity index (χ2v) is 7.66. The molecule has 0 heterocycles. The molecule has 0 spiro atoms. The average Bonchev–Trinajstić information content (AvgIpc) is 2.68. The number of hydrogen-bond acceptors (Lipinski definition) is 4. The largest absolute Gasteiger partial charge is 0.493 e. The van der Waals surface area contributed by atoms with Crippen LogP contribution in [0, 0.1) is 5.92 Å². The van der Waals surface area contributed by atoms with Crippen LogP contribution in [0.1, 0.15) is 41.0 Å². The Bertz CT molecular complexity index is 881. The number of halogens is 1. The monoisotopic (exact) mass is 418 g/mol. The van der Waals surface area contributed by atoms with Crippen molar-refractivity contribution in [3.8, 4) is 11.5 Å². The molecule has 2 amide bonds. The summed E-state index contributed by atoms with van der Waals surface area (Å²) in [5.74, 6) is 0.801. The van der Waals surface area contributed by atoms with Gasteiger partial charge in [-0.15, -0.1) is 0 Å². The van der Waals surface area contributed by atoms with Crippen molar-refractivity contribution < 1.29 is 19.1 Å². The van der Waals surface area contributed by atoms with Crippen LogP contribution in [0.2, 0.25) is 5.02 Å². The lowest BCUT2D eigenvalue weighted by Crippen LogP contribution is -2.22. The molecular weight excluding hydrogens is 392 g/mol. The van der Waals surface area contributed by atoms with Crippen LogP contribution >= 0.6 is 11.6 Å². The highest BCUT2D eigenvalue weighted by Gasteiger charge is 2.17. The molecule has 156 valence electrons. The summed E-state index contributed by atoms with van der Waals surface area (Å²) in [6.45, 7) is 4.72. The Hall–Kier alpha value is -2.73. The molecule has 0 saturated carbocycles. The number of rotatable bonds is 8. The molecule has 6 nitrogen and oxygen atoms in total. The Morgan fingerprint density at radius 3 is 2.48 bits per heavy atom. The lowest BCUT2D eigenvalue weighted by Gasteiger charge is -2.15. The first-order valence-corrected chi connectivity index (χ1v) is 9.74. The minimum atomic E-state index is -0.367. The maximum Gasteiger partial charge on any atom is 0.255 e. The molecule has 0 bridgehead atoms. The fourth-order valence-electron chi connectivity index (χ4n) is 2.58. The van der Waals surface area contributed by atoms with Crippen LogP contribution in [0.3, 0.4) is 0 Å². The molecule has 7 heteroatoms. The van der Waals surface area contributed by atoms with Crippen LogP contribution in [0.5, 0.6) is 11.5 Å². The van der Waals surface area contributed by atoms with E-state index in [0.717, 1.165) is 6.42 Å². The van der Waals surface area contributed by atoms with E-state index in [9.17, 15) is 9.59 Å². The molecule has 29 heavy (non-hydrogen) atoms. The first-order chi connectivity index (χ1) is 13.7. The van der Waals surface area contributed by atoms with Crippen LogP contribution in [0.15, 0.2) is 36.4 Å². The zero-order chi connectivity index (χ0) is 21.6. The Kier molecular flexibility index (Phi) is 7.91. The van der Waals surface area contributed by atoms with Crippen molar-refractivity contribution in [3.05, 3.63) is 52.5 Å². The van der Waals surface area contributed by atoms with E-state index in [4.69, 9.17) is 21.1 Å². The number of carbonyl (C=O) groups excluding carboxylic acids is 2. The van der Waals surface area contributed by atoms with Crippen molar-refractivity contribution in [2.45, 2.75) is 20.3 Å². The van der Waals surface area contributed by atoms with Crippen molar-refractivity contribution >= 4 is 29.1 Å². The summed E-state index contributed by atoms with van der Waals surface area (Å²) in [5.41, 5.74) is 1.32. The van der Waals surface area contributed by atoms with E-state index in [1.54, 1.807) is 50.5 Å². The first-order valence-electron chi connectivity index (χ1n) is 9.36. The Morgan fingerprint density at radius 1 is 1.14 bits per heavy atom. The third-order valence-corrected chi connectivity index (χ3v) is 4.49. The van der Waals surface area contributed by atoms with Gasteiger partial charge in [0.25, 0.3) is 11.8 Å². The summed E-state index contributed by atoms with van der Waals surface area (Å²) in [6.07, 6.45) is 0.879.